The molecule has 2 aromatic rings. The summed E-state index contributed by atoms with van der Waals surface area (Å²) < 4.78 is 0. The van der Waals surface area contributed by atoms with Gasteiger partial charge in [0.2, 0.25) is 17.7 Å². The number of carboxylic acids is 1. The summed E-state index contributed by atoms with van der Waals surface area (Å²) >= 11 is 0. The van der Waals surface area contributed by atoms with E-state index >= 15 is 0 Å². The number of rotatable bonds is 16. The van der Waals surface area contributed by atoms with Gasteiger partial charge in [-0.25, -0.2) is 0 Å². The zero-order valence-corrected chi connectivity index (χ0v) is 23.9. The van der Waals surface area contributed by atoms with Crippen LogP contribution >= 0.6 is 0 Å². The second-order valence-electron chi connectivity index (χ2n) is 11.0. The summed E-state index contributed by atoms with van der Waals surface area (Å²) in [6.45, 7) is 7.54. The lowest BCUT2D eigenvalue weighted by molar-refractivity contribution is -0.138. The normalized spacial score (nSPS) is 14.2. The van der Waals surface area contributed by atoms with Crippen LogP contribution in [0.2, 0.25) is 0 Å². The predicted molar refractivity (Wildman–Crippen MR) is 155 cm³/mol. The van der Waals surface area contributed by atoms with Crippen LogP contribution in [0.25, 0.3) is 0 Å². The van der Waals surface area contributed by atoms with E-state index in [1.807, 2.05) is 88.4 Å². The van der Waals surface area contributed by atoms with E-state index in [0.717, 1.165) is 11.1 Å². The average molecular weight is 553 g/mol. The topological polar surface area (TPSA) is 151 Å². The highest BCUT2D eigenvalue weighted by Crippen LogP contribution is 2.12. The van der Waals surface area contributed by atoms with Gasteiger partial charge in [0.05, 0.1) is 6.42 Å². The molecule has 4 atom stereocenters. The molecule has 40 heavy (non-hydrogen) atoms. The summed E-state index contributed by atoms with van der Waals surface area (Å²) in [6.07, 6.45) is 1.23. The summed E-state index contributed by atoms with van der Waals surface area (Å²) in [7, 11) is 0. The molecule has 2 aromatic carbocycles. The van der Waals surface area contributed by atoms with E-state index in [9.17, 15) is 24.3 Å². The van der Waals surface area contributed by atoms with Gasteiger partial charge in [-0.1, -0.05) is 88.4 Å². The Morgan fingerprint density at radius 3 is 1.90 bits per heavy atom. The van der Waals surface area contributed by atoms with Crippen LogP contribution in [-0.2, 0) is 32.0 Å². The van der Waals surface area contributed by atoms with Crippen molar-refractivity contribution in [3.05, 3.63) is 71.8 Å². The average Bonchev–Trinajstić information content (AvgIpc) is 2.90. The highest BCUT2D eigenvalue weighted by atomic mass is 16.4. The largest absolute Gasteiger partial charge is 0.481 e. The summed E-state index contributed by atoms with van der Waals surface area (Å²) in [6, 6.07) is 15.8. The molecule has 0 aliphatic heterocycles. The Bertz CT molecular complexity index is 1090. The zero-order valence-electron chi connectivity index (χ0n) is 23.9. The van der Waals surface area contributed by atoms with Crippen molar-refractivity contribution in [3.8, 4) is 0 Å². The Morgan fingerprint density at radius 2 is 1.38 bits per heavy atom. The Morgan fingerprint density at radius 1 is 0.800 bits per heavy atom. The first-order valence-electron chi connectivity index (χ1n) is 13.9. The van der Waals surface area contributed by atoms with Crippen molar-refractivity contribution in [2.75, 3.05) is 0 Å². The number of nitrogens with one attached hydrogen (secondary N) is 3. The molecule has 0 aliphatic carbocycles. The predicted octanol–water partition coefficient (Wildman–Crippen LogP) is 2.82. The van der Waals surface area contributed by atoms with Crippen LogP contribution in [0.1, 0.15) is 58.1 Å². The fourth-order valence-electron chi connectivity index (χ4n) is 4.45. The smallest absolute Gasteiger partial charge is 0.305 e. The standard InChI is InChI=1S/C31H44N4O5/c1-20(2)17-26(33-27(36)16-15-22-11-7-5-8-12-22)30(39)35-29(21(3)4)31(40)34-25(24(32)19-28(37)38)18-23-13-9-6-10-14-23/h5-14,20-21,24-26,29H,15-19,32H2,1-4H3,(H,33,36)(H,34,40)(H,35,39)(H,37,38)/t24-,25-,26-,29-/m0/s1. The minimum Gasteiger partial charge on any atom is -0.481 e. The van der Waals surface area contributed by atoms with Crippen molar-refractivity contribution in [2.45, 2.75) is 84.0 Å². The Balaban J connectivity index is 2.11. The van der Waals surface area contributed by atoms with Gasteiger partial charge < -0.3 is 26.8 Å². The molecule has 0 bridgehead atoms. The fourth-order valence-corrected chi connectivity index (χ4v) is 4.45. The third-order valence-electron chi connectivity index (χ3n) is 6.64. The number of carbonyl (C=O) groups is 4. The number of amides is 3. The minimum atomic E-state index is -1.06. The van der Waals surface area contributed by atoms with Crippen molar-refractivity contribution in [1.82, 2.24) is 16.0 Å². The van der Waals surface area contributed by atoms with E-state index in [1.165, 1.54) is 0 Å². The third-order valence-corrected chi connectivity index (χ3v) is 6.64. The van der Waals surface area contributed by atoms with Crippen molar-refractivity contribution in [1.29, 1.82) is 0 Å². The van der Waals surface area contributed by atoms with E-state index in [4.69, 9.17) is 5.73 Å². The van der Waals surface area contributed by atoms with Crippen LogP contribution in [-0.4, -0.2) is 53.0 Å². The van der Waals surface area contributed by atoms with E-state index in [2.05, 4.69) is 16.0 Å². The maximum atomic E-state index is 13.4. The SMILES string of the molecule is CC(C)C[C@H](NC(=O)CCc1ccccc1)C(=O)N[C@H](C(=O)N[C@@H](Cc1ccccc1)[C@@H](N)CC(=O)O)C(C)C. The Kier molecular flexibility index (Phi) is 13.3. The third kappa shape index (κ3) is 11.6. The highest BCUT2D eigenvalue weighted by molar-refractivity contribution is 5.92. The van der Waals surface area contributed by atoms with Gasteiger partial charge in [-0.3, -0.25) is 19.2 Å². The molecule has 0 aromatic heterocycles. The molecule has 0 spiro atoms. The molecule has 0 aliphatic rings. The van der Waals surface area contributed by atoms with E-state index < -0.39 is 42.0 Å². The van der Waals surface area contributed by atoms with Crippen molar-refractivity contribution in [2.24, 2.45) is 17.6 Å². The molecule has 0 saturated carbocycles. The van der Waals surface area contributed by atoms with Crippen molar-refractivity contribution < 1.29 is 24.3 Å². The second kappa shape index (κ2) is 16.4. The zero-order chi connectivity index (χ0) is 29.7. The fraction of sp³-hybridized carbons (Fsp3) is 0.484. The molecule has 0 heterocycles. The molecule has 6 N–H and O–H groups in total. The van der Waals surface area contributed by atoms with Crippen LogP contribution in [0.3, 0.4) is 0 Å². The van der Waals surface area contributed by atoms with E-state index in [0.29, 0.717) is 19.3 Å². The molecule has 9 heteroatoms. The van der Waals surface area contributed by atoms with E-state index in [-0.39, 0.29) is 30.6 Å². The molecule has 0 radical (unpaired) electrons. The number of nitrogens with two attached hydrogens (primary N) is 1. The van der Waals surface area contributed by atoms with Gasteiger partial charge in [0, 0.05) is 18.5 Å². The van der Waals surface area contributed by atoms with Crippen LogP contribution in [0.5, 0.6) is 0 Å². The maximum absolute atomic E-state index is 13.4. The molecular weight excluding hydrogens is 508 g/mol. The van der Waals surface area contributed by atoms with Gasteiger partial charge in [-0.2, -0.15) is 0 Å². The summed E-state index contributed by atoms with van der Waals surface area (Å²) in [5, 5.41) is 17.8. The van der Waals surface area contributed by atoms with Gasteiger partial charge in [0.1, 0.15) is 12.1 Å². The molecule has 9 nitrogen and oxygen atoms in total. The number of aliphatic carboxylic acids is 1. The van der Waals surface area contributed by atoms with Crippen LogP contribution in [0.4, 0.5) is 0 Å². The van der Waals surface area contributed by atoms with Crippen LogP contribution in [0.15, 0.2) is 60.7 Å². The number of hydrogen-bond acceptors (Lipinski definition) is 5. The van der Waals surface area contributed by atoms with Gasteiger partial charge in [0.25, 0.3) is 0 Å². The monoisotopic (exact) mass is 552 g/mol. The highest BCUT2D eigenvalue weighted by Gasteiger charge is 2.32. The number of carboxylic acid groups (broad SMARTS) is 1. The number of benzene rings is 2. The maximum Gasteiger partial charge on any atom is 0.305 e. The molecule has 2 rings (SSSR count). The second-order valence-corrected chi connectivity index (χ2v) is 11.0. The van der Waals surface area contributed by atoms with Gasteiger partial charge in [-0.05, 0) is 42.2 Å². The number of carbonyl (C=O) groups excluding carboxylic acids is 3. The van der Waals surface area contributed by atoms with Gasteiger partial charge >= 0.3 is 5.97 Å². The first-order chi connectivity index (χ1) is 19.0. The van der Waals surface area contributed by atoms with E-state index in [1.54, 1.807) is 0 Å². The summed E-state index contributed by atoms with van der Waals surface area (Å²) in [4.78, 5) is 50.8. The lowest BCUT2D eigenvalue weighted by Crippen LogP contribution is -2.59. The van der Waals surface area contributed by atoms with Gasteiger partial charge in [-0.15, -0.1) is 0 Å². The summed E-state index contributed by atoms with van der Waals surface area (Å²) in [5.41, 5.74) is 8.12. The molecule has 3 amide bonds. The molecule has 0 saturated heterocycles. The van der Waals surface area contributed by atoms with Gasteiger partial charge in [0.15, 0.2) is 0 Å². The molecule has 0 fully saturated rings. The van der Waals surface area contributed by atoms with Crippen molar-refractivity contribution in [3.63, 3.8) is 0 Å². The van der Waals surface area contributed by atoms with Crippen molar-refractivity contribution >= 4 is 23.7 Å². The first-order valence-corrected chi connectivity index (χ1v) is 13.9. The minimum absolute atomic E-state index is 0.126. The first kappa shape index (κ1) is 32.5. The molecular formula is C31H44N4O5. The number of hydrogen-bond donors (Lipinski definition) is 5. The molecule has 218 valence electrons. The quantitative estimate of drug-likeness (QED) is 0.216. The lowest BCUT2D eigenvalue weighted by Gasteiger charge is -2.30. The lowest BCUT2D eigenvalue weighted by atomic mass is 9.95. The molecule has 0 unspecified atom stereocenters. The van der Waals surface area contributed by atoms with Crippen LogP contribution in [0, 0.1) is 11.8 Å². The summed E-state index contributed by atoms with van der Waals surface area (Å²) in [5.74, 6) is -2.34. The van der Waals surface area contributed by atoms with Crippen LogP contribution < -0.4 is 21.7 Å². The Labute approximate surface area is 237 Å². The number of aryl methyl sites for hydroxylation is 1. The Hall–Kier alpha value is -3.72.